The number of nitrogens with zero attached hydrogens (tertiary/aromatic N) is 2. The number of nitrogens with one attached hydrogen (secondary N) is 2. The molecule has 1 aliphatic heterocycles. The molecule has 33 heavy (non-hydrogen) atoms. The van der Waals surface area contributed by atoms with Gasteiger partial charge in [-0.25, -0.2) is 4.98 Å². The Balaban J connectivity index is 1.41. The van der Waals surface area contributed by atoms with E-state index in [0.717, 1.165) is 40.2 Å². The van der Waals surface area contributed by atoms with Crippen molar-refractivity contribution in [3.8, 4) is 22.6 Å². The van der Waals surface area contributed by atoms with Gasteiger partial charge in [0.2, 0.25) is 5.91 Å². The van der Waals surface area contributed by atoms with Crippen molar-refractivity contribution in [2.45, 2.75) is 13.0 Å². The van der Waals surface area contributed by atoms with Crippen LogP contribution in [0.2, 0.25) is 5.02 Å². The second-order valence-electron chi connectivity index (χ2n) is 8.00. The van der Waals surface area contributed by atoms with Crippen molar-refractivity contribution in [3.63, 3.8) is 0 Å². The normalized spacial score (nSPS) is 13.0. The van der Waals surface area contributed by atoms with Crippen LogP contribution in [-0.4, -0.2) is 39.0 Å². The first-order valence-corrected chi connectivity index (χ1v) is 11.2. The summed E-state index contributed by atoms with van der Waals surface area (Å²) in [5, 5.41) is 13.3. The van der Waals surface area contributed by atoms with Crippen LogP contribution in [-0.2, 0) is 17.8 Å². The third-order valence-electron chi connectivity index (χ3n) is 5.92. The number of carbonyl (C=O) groups excluding carboxylic acids is 1. The number of imidazole rings is 1. The van der Waals surface area contributed by atoms with Gasteiger partial charge in [-0.15, -0.1) is 0 Å². The fourth-order valence-electron chi connectivity index (χ4n) is 4.20. The van der Waals surface area contributed by atoms with Gasteiger partial charge in [0.1, 0.15) is 12.4 Å². The number of halogens is 1. The van der Waals surface area contributed by atoms with Crippen LogP contribution in [0.1, 0.15) is 11.1 Å². The van der Waals surface area contributed by atoms with Crippen molar-refractivity contribution in [3.05, 3.63) is 89.1 Å². The van der Waals surface area contributed by atoms with Crippen LogP contribution in [0.4, 0.5) is 11.4 Å². The molecule has 0 fully saturated rings. The van der Waals surface area contributed by atoms with Crippen LogP contribution < -0.4 is 5.32 Å². The van der Waals surface area contributed by atoms with Gasteiger partial charge >= 0.3 is 0 Å². The lowest BCUT2D eigenvalue weighted by atomic mass is 9.97. The summed E-state index contributed by atoms with van der Waals surface area (Å²) in [6.45, 7) is 0.635. The Morgan fingerprint density at radius 2 is 1.97 bits per heavy atom. The molecule has 3 N–H and O–H groups in total. The van der Waals surface area contributed by atoms with Crippen molar-refractivity contribution in [2.24, 2.45) is 0 Å². The number of rotatable bonds is 5. The van der Waals surface area contributed by atoms with Gasteiger partial charge in [0.05, 0.1) is 16.9 Å². The fourth-order valence-corrected chi connectivity index (χ4v) is 4.41. The standard InChI is InChI=1S/C26H23ClN4O2/c27-22-10-9-19(13-21(22)26-28-14-24(30-26)17-5-2-1-3-6-17)29-23-8-4-7-18-15-31(25(33)16-32)12-11-20(18)23/h1-10,13-14,29,32H,11-12,15-16H2,(H,28,30). The number of aliphatic hydroxyl groups excluding tert-OH is 1. The molecule has 1 amide bonds. The van der Waals surface area contributed by atoms with E-state index in [9.17, 15) is 9.90 Å². The van der Waals surface area contributed by atoms with E-state index in [4.69, 9.17) is 11.6 Å². The number of hydrogen-bond donors (Lipinski definition) is 3. The van der Waals surface area contributed by atoms with Crippen LogP contribution >= 0.6 is 11.6 Å². The number of amides is 1. The molecule has 166 valence electrons. The lowest BCUT2D eigenvalue weighted by molar-refractivity contribution is -0.135. The fraction of sp³-hybridized carbons (Fsp3) is 0.154. The minimum atomic E-state index is -0.459. The Morgan fingerprint density at radius 1 is 1.12 bits per heavy atom. The summed E-state index contributed by atoms with van der Waals surface area (Å²) in [5.74, 6) is 0.463. The second kappa shape index (κ2) is 9.10. The van der Waals surface area contributed by atoms with Crippen LogP contribution in [0.3, 0.4) is 0 Å². The van der Waals surface area contributed by atoms with E-state index < -0.39 is 6.61 Å². The highest BCUT2D eigenvalue weighted by Gasteiger charge is 2.22. The van der Waals surface area contributed by atoms with Crippen molar-refractivity contribution >= 4 is 28.9 Å². The molecule has 1 aliphatic rings. The average molecular weight is 459 g/mol. The number of benzene rings is 3. The summed E-state index contributed by atoms with van der Waals surface area (Å²) in [5.41, 5.74) is 6.97. The highest BCUT2D eigenvalue weighted by molar-refractivity contribution is 6.33. The number of carbonyl (C=O) groups is 1. The number of fused-ring (bicyclic) bond motifs is 1. The van der Waals surface area contributed by atoms with E-state index in [1.54, 1.807) is 4.90 Å². The summed E-state index contributed by atoms with van der Waals surface area (Å²) in [6.07, 6.45) is 2.54. The Labute approximate surface area is 196 Å². The topological polar surface area (TPSA) is 81.2 Å². The molecule has 0 bridgehead atoms. The Kier molecular flexibility index (Phi) is 5.86. The lowest BCUT2D eigenvalue weighted by Gasteiger charge is -2.30. The number of anilines is 2. The highest BCUT2D eigenvalue weighted by Crippen LogP contribution is 2.33. The molecule has 0 saturated heterocycles. The predicted molar refractivity (Wildman–Crippen MR) is 130 cm³/mol. The molecular formula is C26H23ClN4O2. The van der Waals surface area contributed by atoms with Crippen LogP contribution in [0.5, 0.6) is 0 Å². The maximum atomic E-state index is 11.9. The van der Waals surface area contributed by atoms with Crippen molar-refractivity contribution in [1.29, 1.82) is 0 Å². The zero-order valence-corrected chi connectivity index (χ0v) is 18.6. The van der Waals surface area contributed by atoms with E-state index in [1.807, 2.05) is 72.9 Å². The number of hydrogen-bond acceptors (Lipinski definition) is 4. The minimum absolute atomic E-state index is 0.241. The van der Waals surface area contributed by atoms with E-state index in [0.29, 0.717) is 23.9 Å². The predicted octanol–water partition coefficient (Wildman–Crippen LogP) is 5.02. The summed E-state index contributed by atoms with van der Waals surface area (Å²) in [6, 6.07) is 21.9. The van der Waals surface area contributed by atoms with Crippen LogP contribution in [0.15, 0.2) is 72.9 Å². The maximum absolute atomic E-state index is 11.9. The Morgan fingerprint density at radius 3 is 2.79 bits per heavy atom. The third-order valence-corrected chi connectivity index (χ3v) is 6.24. The molecule has 6 nitrogen and oxygen atoms in total. The van der Waals surface area contributed by atoms with Crippen LogP contribution in [0, 0.1) is 0 Å². The molecule has 1 aromatic heterocycles. The largest absolute Gasteiger partial charge is 0.387 e. The van der Waals surface area contributed by atoms with Gasteiger partial charge in [0.15, 0.2) is 0 Å². The Hall–Kier alpha value is -3.61. The van der Waals surface area contributed by atoms with Gasteiger partial charge in [-0.3, -0.25) is 4.79 Å². The molecule has 0 radical (unpaired) electrons. The third kappa shape index (κ3) is 4.35. The van der Waals surface area contributed by atoms with Gasteiger partial charge in [-0.2, -0.15) is 0 Å². The van der Waals surface area contributed by atoms with Crippen molar-refractivity contribution < 1.29 is 9.90 Å². The Bertz CT molecular complexity index is 1300. The lowest BCUT2D eigenvalue weighted by Crippen LogP contribution is -2.37. The highest BCUT2D eigenvalue weighted by atomic mass is 35.5. The molecule has 7 heteroatoms. The molecular weight excluding hydrogens is 436 g/mol. The van der Waals surface area contributed by atoms with Crippen molar-refractivity contribution in [1.82, 2.24) is 14.9 Å². The van der Waals surface area contributed by atoms with E-state index in [2.05, 4.69) is 15.3 Å². The number of H-pyrrole nitrogens is 1. The molecule has 0 saturated carbocycles. The van der Waals surface area contributed by atoms with E-state index in [1.165, 1.54) is 5.56 Å². The summed E-state index contributed by atoms with van der Waals surface area (Å²) >= 11 is 6.52. The first-order valence-electron chi connectivity index (χ1n) is 10.8. The first kappa shape index (κ1) is 21.2. The van der Waals surface area contributed by atoms with Gasteiger partial charge < -0.3 is 20.3 Å². The zero-order chi connectivity index (χ0) is 22.8. The molecule has 0 spiro atoms. The molecule has 0 unspecified atom stereocenters. The number of aliphatic hydroxyl groups is 1. The van der Waals surface area contributed by atoms with E-state index >= 15 is 0 Å². The first-order chi connectivity index (χ1) is 16.1. The SMILES string of the molecule is O=C(CO)N1CCc2c(cccc2Nc2ccc(Cl)c(-c3ncc(-c4ccccc4)[nH]3)c2)C1. The van der Waals surface area contributed by atoms with E-state index in [-0.39, 0.29) is 5.91 Å². The van der Waals surface area contributed by atoms with Gasteiger partial charge in [0, 0.05) is 30.0 Å². The molecule has 4 aromatic rings. The quantitative estimate of drug-likeness (QED) is 0.392. The summed E-state index contributed by atoms with van der Waals surface area (Å²) < 4.78 is 0. The molecule has 0 atom stereocenters. The molecule has 3 aromatic carbocycles. The second-order valence-corrected chi connectivity index (χ2v) is 8.40. The monoisotopic (exact) mass is 458 g/mol. The molecule has 2 heterocycles. The van der Waals surface area contributed by atoms with Gasteiger partial charge in [-0.1, -0.05) is 54.1 Å². The summed E-state index contributed by atoms with van der Waals surface area (Å²) in [4.78, 5) is 21.5. The zero-order valence-electron chi connectivity index (χ0n) is 17.9. The minimum Gasteiger partial charge on any atom is -0.387 e. The molecule has 0 aliphatic carbocycles. The van der Waals surface area contributed by atoms with Gasteiger partial charge in [0.25, 0.3) is 0 Å². The smallest absolute Gasteiger partial charge is 0.248 e. The van der Waals surface area contributed by atoms with Crippen molar-refractivity contribution in [2.75, 3.05) is 18.5 Å². The average Bonchev–Trinajstić information content (AvgIpc) is 3.35. The maximum Gasteiger partial charge on any atom is 0.248 e. The van der Waals surface area contributed by atoms with Crippen LogP contribution in [0.25, 0.3) is 22.6 Å². The number of aromatic amines is 1. The number of aromatic nitrogens is 2. The molecule has 5 rings (SSSR count). The van der Waals surface area contributed by atoms with Gasteiger partial charge in [-0.05, 0) is 47.4 Å². The summed E-state index contributed by atoms with van der Waals surface area (Å²) in [7, 11) is 0.